The summed E-state index contributed by atoms with van der Waals surface area (Å²) in [6, 6.07) is -0.633. The molecular formula is C12H21NO5. The maximum Gasteiger partial charge on any atom is 0.307 e. The minimum absolute atomic E-state index is 0.0429. The Bertz CT molecular complexity index is 324. The van der Waals surface area contributed by atoms with Crippen molar-refractivity contribution in [1.82, 2.24) is 5.32 Å². The highest BCUT2D eigenvalue weighted by Gasteiger charge is 2.39. The standard InChI is InChI=1S/C12H21NO5/c1-3-4-5-18-9(15)6-8-11(16)10(7(2)14)12(17)13-8/h8,11-14,16-17H,3-6H2,1-2H3/b10-7-. The number of hydrogen-bond donors (Lipinski definition) is 4. The van der Waals surface area contributed by atoms with Gasteiger partial charge in [0.05, 0.1) is 30.9 Å². The molecule has 0 bridgehead atoms. The van der Waals surface area contributed by atoms with E-state index in [4.69, 9.17) is 4.74 Å². The number of aliphatic hydroxyl groups is 3. The Morgan fingerprint density at radius 1 is 1.44 bits per heavy atom. The minimum atomic E-state index is -1.13. The van der Waals surface area contributed by atoms with Gasteiger partial charge < -0.3 is 20.1 Å². The molecule has 0 aliphatic carbocycles. The van der Waals surface area contributed by atoms with Crippen molar-refractivity contribution in [3.63, 3.8) is 0 Å². The Morgan fingerprint density at radius 3 is 2.61 bits per heavy atom. The molecule has 0 aromatic carbocycles. The molecule has 1 aliphatic rings. The van der Waals surface area contributed by atoms with Gasteiger partial charge in [0.25, 0.3) is 0 Å². The molecule has 18 heavy (non-hydrogen) atoms. The molecule has 6 heteroatoms. The first-order chi connectivity index (χ1) is 8.47. The lowest BCUT2D eigenvalue weighted by Crippen LogP contribution is -2.35. The predicted octanol–water partition coefficient (Wildman–Crippen LogP) is 0.203. The van der Waals surface area contributed by atoms with Gasteiger partial charge in [0.15, 0.2) is 0 Å². The van der Waals surface area contributed by atoms with E-state index in [1.165, 1.54) is 6.92 Å². The summed E-state index contributed by atoms with van der Waals surface area (Å²) in [5, 5.41) is 31.4. The number of allylic oxidation sites excluding steroid dienone is 1. The molecule has 4 N–H and O–H groups in total. The van der Waals surface area contributed by atoms with E-state index in [0.29, 0.717) is 6.61 Å². The maximum absolute atomic E-state index is 11.5. The molecule has 3 unspecified atom stereocenters. The van der Waals surface area contributed by atoms with Crippen LogP contribution >= 0.6 is 0 Å². The van der Waals surface area contributed by atoms with Crippen molar-refractivity contribution in [2.24, 2.45) is 0 Å². The first-order valence-electron chi connectivity index (χ1n) is 6.14. The quantitative estimate of drug-likeness (QED) is 0.320. The van der Waals surface area contributed by atoms with Crippen LogP contribution in [-0.2, 0) is 9.53 Å². The van der Waals surface area contributed by atoms with E-state index < -0.39 is 24.3 Å². The molecule has 6 nitrogen and oxygen atoms in total. The molecule has 104 valence electrons. The zero-order chi connectivity index (χ0) is 13.7. The summed E-state index contributed by atoms with van der Waals surface area (Å²) in [6.45, 7) is 3.74. The van der Waals surface area contributed by atoms with Gasteiger partial charge in [-0.2, -0.15) is 0 Å². The average Bonchev–Trinajstić information content (AvgIpc) is 2.54. The number of nitrogens with one attached hydrogen (secondary N) is 1. The second-order valence-corrected chi connectivity index (χ2v) is 4.44. The molecule has 0 aromatic heterocycles. The second-order valence-electron chi connectivity index (χ2n) is 4.44. The Morgan fingerprint density at radius 2 is 2.11 bits per heavy atom. The number of aliphatic hydroxyl groups excluding tert-OH is 3. The van der Waals surface area contributed by atoms with Crippen molar-refractivity contribution >= 4 is 5.97 Å². The van der Waals surface area contributed by atoms with E-state index in [2.05, 4.69) is 5.32 Å². The highest BCUT2D eigenvalue weighted by Crippen LogP contribution is 2.23. The monoisotopic (exact) mass is 259 g/mol. The molecule has 1 heterocycles. The third-order valence-corrected chi connectivity index (χ3v) is 2.93. The van der Waals surface area contributed by atoms with Gasteiger partial charge in [-0.1, -0.05) is 13.3 Å². The summed E-state index contributed by atoms with van der Waals surface area (Å²) in [5.74, 6) is -0.562. The van der Waals surface area contributed by atoms with Crippen LogP contribution in [0.5, 0.6) is 0 Å². The van der Waals surface area contributed by atoms with E-state index in [0.717, 1.165) is 12.8 Å². The molecule has 0 radical (unpaired) electrons. The number of hydrogen-bond acceptors (Lipinski definition) is 6. The highest BCUT2D eigenvalue weighted by molar-refractivity contribution is 5.70. The smallest absolute Gasteiger partial charge is 0.307 e. The van der Waals surface area contributed by atoms with E-state index in [1.54, 1.807) is 0 Å². The van der Waals surface area contributed by atoms with Gasteiger partial charge in [-0.05, 0) is 13.3 Å². The SMILES string of the molecule is CCCCOC(=O)CC1NC(O)/C(=C(/C)O)C1O. The molecule has 1 rings (SSSR count). The van der Waals surface area contributed by atoms with Gasteiger partial charge in [0, 0.05) is 5.57 Å². The van der Waals surface area contributed by atoms with E-state index >= 15 is 0 Å². The van der Waals surface area contributed by atoms with E-state index in [9.17, 15) is 20.1 Å². The molecule has 1 fully saturated rings. The Labute approximate surface area is 106 Å². The van der Waals surface area contributed by atoms with Crippen LogP contribution in [0.15, 0.2) is 11.3 Å². The Kier molecular flexibility index (Phi) is 5.58. The molecule has 0 amide bonds. The van der Waals surface area contributed by atoms with Crippen LogP contribution in [0.2, 0.25) is 0 Å². The third-order valence-electron chi connectivity index (χ3n) is 2.93. The van der Waals surface area contributed by atoms with Crippen LogP contribution in [0.4, 0.5) is 0 Å². The topological polar surface area (TPSA) is 99.0 Å². The van der Waals surface area contributed by atoms with Crippen LogP contribution in [0.3, 0.4) is 0 Å². The van der Waals surface area contributed by atoms with Gasteiger partial charge in [-0.25, -0.2) is 0 Å². The number of esters is 1. The van der Waals surface area contributed by atoms with Crippen molar-refractivity contribution in [1.29, 1.82) is 0 Å². The average molecular weight is 259 g/mol. The first-order valence-corrected chi connectivity index (χ1v) is 6.14. The van der Waals surface area contributed by atoms with Crippen molar-refractivity contribution < 1.29 is 24.9 Å². The van der Waals surface area contributed by atoms with E-state index in [-0.39, 0.29) is 17.8 Å². The van der Waals surface area contributed by atoms with Crippen molar-refractivity contribution in [3.05, 3.63) is 11.3 Å². The molecule has 3 atom stereocenters. The van der Waals surface area contributed by atoms with Gasteiger partial charge in [-0.3, -0.25) is 10.1 Å². The first kappa shape index (κ1) is 14.9. The normalized spacial score (nSPS) is 30.3. The largest absolute Gasteiger partial charge is 0.512 e. The van der Waals surface area contributed by atoms with Crippen LogP contribution < -0.4 is 5.32 Å². The third kappa shape index (κ3) is 3.69. The van der Waals surface area contributed by atoms with Gasteiger partial charge in [0.1, 0.15) is 6.23 Å². The molecule has 0 spiro atoms. The number of ether oxygens (including phenoxy) is 1. The fraction of sp³-hybridized carbons (Fsp3) is 0.750. The van der Waals surface area contributed by atoms with Crippen LogP contribution in [0.25, 0.3) is 0 Å². The van der Waals surface area contributed by atoms with Gasteiger partial charge in [-0.15, -0.1) is 0 Å². The number of carbonyl (C=O) groups excluding carboxylic acids is 1. The zero-order valence-corrected chi connectivity index (χ0v) is 10.7. The highest BCUT2D eigenvalue weighted by atomic mass is 16.5. The number of unbranched alkanes of at least 4 members (excludes halogenated alkanes) is 1. The fourth-order valence-corrected chi connectivity index (χ4v) is 1.91. The number of rotatable bonds is 5. The van der Waals surface area contributed by atoms with E-state index in [1.807, 2.05) is 6.92 Å². The Balaban J connectivity index is 2.50. The molecule has 0 aromatic rings. The predicted molar refractivity (Wildman–Crippen MR) is 64.8 cm³/mol. The summed E-state index contributed by atoms with van der Waals surface area (Å²) in [4.78, 5) is 11.5. The number of carbonyl (C=O) groups is 1. The summed E-state index contributed by atoms with van der Waals surface area (Å²) in [7, 11) is 0. The van der Waals surface area contributed by atoms with Gasteiger partial charge in [0.2, 0.25) is 0 Å². The maximum atomic E-state index is 11.5. The van der Waals surface area contributed by atoms with Crippen LogP contribution in [0, 0.1) is 0 Å². The fourth-order valence-electron chi connectivity index (χ4n) is 1.91. The zero-order valence-electron chi connectivity index (χ0n) is 10.7. The lowest BCUT2D eigenvalue weighted by atomic mass is 10.0. The van der Waals surface area contributed by atoms with Crippen molar-refractivity contribution in [2.75, 3.05) is 6.61 Å². The minimum Gasteiger partial charge on any atom is -0.512 e. The lowest BCUT2D eigenvalue weighted by molar-refractivity contribution is -0.144. The Hall–Kier alpha value is -1.11. The molecule has 0 saturated carbocycles. The molecular weight excluding hydrogens is 238 g/mol. The lowest BCUT2D eigenvalue weighted by Gasteiger charge is -2.14. The molecule has 1 aliphatic heterocycles. The van der Waals surface area contributed by atoms with Crippen LogP contribution in [-0.4, -0.2) is 46.3 Å². The van der Waals surface area contributed by atoms with Gasteiger partial charge >= 0.3 is 5.97 Å². The summed E-state index contributed by atoms with van der Waals surface area (Å²) in [5.41, 5.74) is 0.112. The second kappa shape index (κ2) is 6.72. The summed E-state index contributed by atoms with van der Waals surface area (Å²) >= 11 is 0. The van der Waals surface area contributed by atoms with Crippen molar-refractivity contribution in [2.45, 2.75) is 51.5 Å². The summed E-state index contributed by atoms with van der Waals surface area (Å²) < 4.78 is 4.97. The van der Waals surface area contributed by atoms with Crippen molar-refractivity contribution in [3.8, 4) is 0 Å². The molecule has 1 saturated heterocycles. The van der Waals surface area contributed by atoms with Crippen LogP contribution in [0.1, 0.15) is 33.1 Å². The summed E-state index contributed by atoms with van der Waals surface area (Å²) in [6.07, 6.45) is -0.510.